The van der Waals surface area contributed by atoms with Gasteiger partial charge in [0.05, 0.1) is 25.5 Å². The number of esters is 2. The fraction of sp³-hybridized carbons (Fsp3) is 0.105. The molecule has 7 nitrogen and oxygen atoms in total. The summed E-state index contributed by atoms with van der Waals surface area (Å²) in [5.74, 6) is -2.58. The number of halogens is 1. The lowest BCUT2D eigenvalue weighted by atomic mass is 10.1. The van der Waals surface area contributed by atoms with Crippen molar-refractivity contribution in [3.63, 3.8) is 0 Å². The number of anilines is 1. The number of nitrogens with zero attached hydrogens (tertiary/aromatic N) is 1. The molecule has 1 aromatic carbocycles. The molecule has 1 aromatic rings. The van der Waals surface area contributed by atoms with Crippen LogP contribution < -0.4 is 4.90 Å². The maximum absolute atomic E-state index is 12.5. The number of hydrogen-bond acceptors (Lipinski definition) is 6. The Morgan fingerprint density at radius 1 is 1.11 bits per heavy atom. The Bertz CT molecular complexity index is 897. The summed E-state index contributed by atoms with van der Waals surface area (Å²) in [6, 6.07) is 5.10. The number of benzene rings is 1. The second-order valence-electron chi connectivity index (χ2n) is 5.19. The first-order valence-electron chi connectivity index (χ1n) is 7.64. The van der Waals surface area contributed by atoms with Crippen LogP contribution in [0.15, 0.2) is 64.4 Å². The van der Waals surface area contributed by atoms with E-state index in [1.165, 1.54) is 31.3 Å². The summed E-state index contributed by atoms with van der Waals surface area (Å²) in [4.78, 5) is 37.0. The van der Waals surface area contributed by atoms with Gasteiger partial charge in [0.25, 0.3) is 0 Å². The number of carbonyl (C=O) groups excluding carboxylic acids is 2. The minimum Gasteiger partial charge on any atom is -0.478 e. The summed E-state index contributed by atoms with van der Waals surface area (Å²) >= 11 is 3.36. The third kappa shape index (κ3) is 4.73. The van der Waals surface area contributed by atoms with E-state index in [1.807, 2.05) is 0 Å². The molecule has 1 N–H and O–H groups in total. The van der Waals surface area contributed by atoms with Crippen LogP contribution in [-0.2, 0) is 23.9 Å². The van der Waals surface area contributed by atoms with Crippen LogP contribution in [0.2, 0.25) is 0 Å². The highest BCUT2D eigenvalue weighted by molar-refractivity contribution is 9.10. The summed E-state index contributed by atoms with van der Waals surface area (Å²) in [7, 11) is 2.41. The molecular weight excluding hydrogens is 418 g/mol. The van der Waals surface area contributed by atoms with Crippen LogP contribution in [-0.4, -0.2) is 37.2 Å². The maximum atomic E-state index is 12.5. The van der Waals surface area contributed by atoms with Gasteiger partial charge in [0.15, 0.2) is 0 Å². The van der Waals surface area contributed by atoms with Gasteiger partial charge in [-0.05, 0) is 35.9 Å². The normalized spacial score (nSPS) is 13.7. The molecular formula is C19H16BrNO6. The Hall–Kier alpha value is -3.13. The minimum atomic E-state index is -1.11. The number of rotatable bonds is 5. The number of ether oxygens (including phenoxy) is 2. The molecule has 0 saturated carbocycles. The third-order valence-electron chi connectivity index (χ3n) is 3.55. The van der Waals surface area contributed by atoms with E-state index >= 15 is 0 Å². The van der Waals surface area contributed by atoms with Crippen LogP contribution >= 0.6 is 15.9 Å². The quantitative estimate of drug-likeness (QED) is 0.563. The average Bonchev–Trinajstić information content (AvgIpc) is 2.88. The van der Waals surface area contributed by atoms with Crippen molar-refractivity contribution < 1.29 is 29.0 Å². The number of allylic oxidation sites excluding steroid dienone is 2. The van der Waals surface area contributed by atoms with E-state index in [0.29, 0.717) is 15.7 Å². The molecule has 0 amide bonds. The first-order chi connectivity index (χ1) is 12.9. The van der Waals surface area contributed by atoms with Gasteiger partial charge < -0.3 is 19.5 Å². The molecule has 0 atom stereocenters. The number of carboxylic acid groups (broad SMARTS) is 1. The SMILES string of the molecule is COC(=O)C1=C(C(=O)OC)N(c2cc(Br)ccc2C=CC(=O)O)C=CC=C1. The molecule has 27 heavy (non-hydrogen) atoms. The molecule has 0 radical (unpaired) electrons. The number of methoxy groups -OCH3 is 2. The third-order valence-corrected chi connectivity index (χ3v) is 4.04. The summed E-state index contributed by atoms with van der Waals surface area (Å²) in [6.45, 7) is 0. The number of carbonyl (C=O) groups is 3. The Morgan fingerprint density at radius 2 is 1.81 bits per heavy atom. The van der Waals surface area contributed by atoms with Gasteiger partial charge in [-0.25, -0.2) is 14.4 Å². The van der Waals surface area contributed by atoms with Gasteiger partial charge in [-0.3, -0.25) is 0 Å². The fourth-order valence-electron chi connectivity index (χ4n) is 2.38. The molecule has 1 aliphatic rings. The number of aliphatic carboxylic acids is 1. The van der Waals surface area contributed by atoms with E-state index < -0.39 is 17.9 Å². The predicted molar refractivity (Wildman–Crippen MR) is 103 cm³/mol. The molecule has 0 aliphatic carbocycles. The van der Waals surface area contributed by atoms with Crippen molar-refractivity contribution in [2.45, 2.75) is 0 Å². The minimum absolute atomic E-state index is 0.00231. The second kappa shape index (κ2) is 9.00. The highest BCUT2D eigenvalue weighted by Gasteiger charge is 2.28. The first kappa shape index (κ1) is 20.2. The van der Waals surface area contributed by atoms with Crippen molar-refractivity contribution >= 4 is 45.6 Å². The Kier molecular flexibility index (Phi) is 6.73. The Morgan fingerprint density at radius 3 is 2.44 bits per heavy atom. The van der Waals surface area contributed by atoms with Crippen LogP contribution in [0, 0.1) is 0 Å². The lowest BCUT2D eigenvalue weighted by molar-refractivity contribution is -0.139. The maximum Gasteiger partial charge on any atom is 0.355 e. The van der Waals surface area contributed by atoms with Gasteiger partial charge in [0.1, 0.15) is 5.70 Å². The van der Waals surface area contributed by atoms with Crippen molar-refractivity contribution in [2.24, 2.45) is 0 Å². The summed E-state index contributed by atoms with van der Waals surface area (Å²) in [5.41, 5.74) is 0.918. The molecule has 1 aliphatic heterocycles. The van der Waals surface area contributed by atoms with Gasteiger partial charge >= 0.3 is 17.9 Å². The lowest BCUT2D eigenvalue weighted by Crippen LogP contribution is -2.27. The van der Waals surface area contributed by atoms with Crippen LogP contribution in [0.25, 0.3) is 6.08 Å². The second-order valence-corrected chi connectivity index (χ2v) is 6.11. The average molecular weight is 434 g/mol. The van der Waals surface area contributed by atoms with E-state index in [9.17, 15) is 14.4 Å². The summed E-state index contributed by atoms with van der Waals surface area (Å²) in [5, 5.41) is 8.92. The fourth-order valence-corrected chi connectivity index (χ4v) is 2.73. The van der Waals surface area contributed by atoms with Gasteiger partial charge in [0, 0.05) is 16.7 Å². The van der Waals surface area contributed by atoms with E-state index in [1.54, 1.807) is 36.6 Å². The zero-order chi connectivity index (χ0) is 20.0. The van der Waals surface area contributed by atoms with Crippen molar-refractivity contribution in [3.8, 4) is 0 Å². The van der Waals surface area contributed by atoms with Gasteiger partial charge in [0.2, 0.25) is 0 Å². The van der Waals surface area contributed by atoms with E-state index in [2.05, 4.69) is 15.9 Å². The molecule has 1 heterocycles. The molecule has 0 unspecified atom stereocenters. The zero-order valence-corrected chi connectivity index (χ0v) is 16.1. The number of hydrogen-bond donors (Lipinski definition) is 1. The molecule has 140 valence electrons. The summed E-state index contributed by atoms with van der Waals surface area (Å²) in [6.07, 6.45) is 8.60. The van der Waals surface area contributed by atoms with Gasteiger partial charge in [-0.15, -0.1) is 0 Å². The summed E-state index contributed by atoms with van der Waals surface area (Å²) < 4.78 is 10.3. The predicted octanol–water partition coefficient (Wildman–Crippen LogP) is 3.04. The van der Waals surface area contributed by atoms with Gasteiger partial charge in [-0.1, -0.05) is 28.1 Å². The van der Waals surface area contributed by atoms with Crippen LogP contribution in [0.3, 0.4) is 0 Å². The highest BCUT2D eigenvalue weighted by atomic mass is 79.9. The molecule has 0 fully saturated rings. The van der Waals surface area contributed by atoms with E-state index in [4.69, 9.17) is 14.6 Å². The Balaban J connectivity index is 2.74. The van der Waals surface area contributed by atoms with E-state index in [0.717, 1.165) is 6.08 Å². The monoisotopic (exact) mass is 433 g/mol. The Labute approximate surface area is 164 Å². The number of carboxylic acids is 1. The van der Waals surface area contributed by atoms with Crippen molar-refractivity contribution in [1.82, 2.24) is 0 Å². The molecule has 2 rings (SSSR count). The topological polar surface area (TPSA) is 93.1 Å². The van der Waals surface area contributed by atoms with Gasteiger partial charge in [-0.2, -0.15) is 0 Å². The lowest BCUT2D eigenvalue weighted by Gasteiger charge is -2.25. The molecule has 0 saturated heterocycles. The first-order valence-corrected chi connectivity index (χ1v) is 8.44. The standard InChI is InChI=1S/C19H16BrNO6/c1-26-18(24)14-5-3-4-10-21(17(14)19(25)27-2)15-11-13(20)8-6-12(15)7-9-16(22)23/h3-11H,1-2H3,(H,22,23). The zero-order valence-electron chi connectivity index (χ0n) is 14.5. The van der Waals surface area contributed by atoms with E-state index in [-0.39, 0.29) is 11.3 Å². The molecule has 0 bridgehead atoms. The molecule has 0 spiro atoms. The van der Waals surface area contributed by atoms with Crippen LogP contribution in [0.4, 0.5) is 5.69 Å². The smallest absolute Gasteiger partial charge is 0.355 e. The van der Waals surface area contributed by atoms with Crippen molar-refractivity contribution in [2.75, 3.05) is 19.1 Å². The largest absolute Gasteiger partial charge is 0.478 e. The van der Waals surface area contributed by atoms with Crippen LogP contribution in [0.1, 0.15) is 5.56 Å². The highest BCUT2D eigenvalue weighted by Crippen LogP contribution is 2.32. The molecule has 0 aromatic heterocycles. The molecule has 8 heteroatoms. The van der Waals surface area contributed by atoms with Crippen molar-refractivity contribution in [3.05, 3.63) is 70.0 Å². The van der Waals surface area contributed by atoms with Crippen LogP contribution in [0.5, 0.6) is 0 Å². The van der Waals surface area contributed by atoms with Crippen molar-refractivity contribution in [1.29, 1.82) is 0 Å².